The van der Waals surface area contributed by atoms with E-state index >= 15 is 0 Å². The maximum Gasteiger partial charge on any atom is 0.0650 e. The van der Waals surface area contributed by atoms with Crippen LogP contribution in [0.25, 0.3) is 18.2 Å². The molecule has 0 saturated carbocycles. The lowest BCUT2D eigenvalue weighted by Gasteiger charge is -1.93. The molecule has 1 rings (SSSR count). The predicted octanol–water partition coefficient (Wildman–Crippen LogP) is 4.06. The van der Waals surface area contributed by atoms with Gasteiger partial charge < -0.3 is 4.98 Å². The Kier molecular flexibility index (Phi) is 4.70. The summed E-state index contributed by atoms with van der Waals surface area (Å²) in [7, 11) is 0. The van der Waals surface area contributed by atoms with Crippen molar-refractivity contribution < 1.29 is 0 Å². The molecular weight excluding hydrogens is 208 g/mol. The van der Waals surface area contributed by atoms with Crippen LogP contribution in [-0.4, -0.2) is 11.2 Å². The van der Waals surface area contributed by atoms with Gasteiger partial charge >= 0.3 is 0 Å². The van der Waals surface area contributed by atoms with Crippen LogP contribution in [0.1, 0.15) is 22.5 Å². The third-order valence-corrected chi connectivity index (χ3v) is 2.26. The van der Waals surface area contributed by atoms with Gasteiger partial charge in [0.05, 0.1) is 11.9 Å². The van der Waals surface area contributed by atoms with E-state index in [0.717, 1.165) is 22.5 Å². The molecule has 0 saturated heterocycles. The summed E-state index contributed by atoms with van der Waals surface area (Å²) in [5.41, 5.74) is 3.83. The fraction of sp³-hybridized carbons (Fsp3) is 0. The van der Waals surface area contributed by atoms with E-state index < -0.39 is 0 Å². The number of H-pyrrole nitrogens is 1. The number of hydrogen-bond acceptors (Lipinski definition) is 1. The third kappa shape index (κ3) is 2.82. The molecule has 1 heterocycles. The van der Waals surface area contributed by atoms with E-state index in [2.05, 4.69) is 36.3 Å². The highest BCUT2D eigenvalue weighted by Gasteiger charge is 2.09. The Bertz CT molecular complexity index is 455. The van der Waals surface area contributed by atoms with Crippen molar-refractivity contribution in [3.8, 4) is 0 Å². The molecule has 2 heteroatoms. The van der Waals surface area contributed by atoms with E-state index in [4.69, 9.17) is 0 Å². The smallest absolute Gasteiger partial charge is 0.0650 e. The molecule has 1 N–H and O–H groups in total. The van der Waals surface area contributed by atoms with Crippen LogP contribution in [0.2, 0.25) is 0 Å². The Morgan fingerprint density at radius 1 is 0.941 bits per heavy atom. The average Bonchev–Trinajstić information content (AvgIpc) is 2.70. The van der Waals surface area contributed by atoms with Crippen molar-refractivity contribution in [1.82, 2.24) is 4.98 Å². The van der Waals surface area contributed by atoms with Crippen LogP contribution >= 0.6 is 0 Å². The Hall–Kier alpha value is -2.35. The van der Waals surface area contributed by atoms with E-state index in [1.54, 1.807) is 24.4 Å². The molecule has 0 aliphatic rings. The van der Waals surface area contributed by atoms with Crippen LogP contribution in [-0.2, 0) is 0 Å². The number of aliphatic imine (C=N–C) groups is 1. The molecule has 1 aromatic heterocycles. The quantitative estimate of drug-likeness (QED) is 0.557. The monoisotopic (exact) mass is 224 g/mol. The second kappa shape index (κ2) is 6.28. The van der Waals surface area contributed by atoms with E-state index in [1.165, 1.54) is 6.20 Å². The van der Waals surface area contributed by atoms with Gasteiger partial charge in [0.25, 0.3) is 0 Å². The van der Waals surface area contributed by atoms with Crippen molar-refractivity contribution in [1.29, 1.82) is 0 Å². The topological polar surface area (TPSA) is 28.1 Å². The molecule has 0 amide bonds. The van der Waals surface area contributed by atoms with Gasteiger partial charge in [0.2, 0.25) is 0 Å². The van der Waals surface area contributed by atoms with Gasteiger partial charge in [-0.25, -0.2) is 0 Å². The number of hydrogen-bond donors (Lipinski definition) is 1. The second-order valence-corrected chi connectivity index (χ2v) is 3.24. The maximum atomic E-state index is 4.00. The first-order valence-electron chi connectivity index (χ1n) is 5.22. The SMILES string of the molecule is C=C/C=C\c1[nH]c(/C=N\C=C)c(C=C)c1C=C. The summed E-state index contributed by atoms with van der Waals surface area (Å²) < 4.78 is 0. The molecule has 0 spiro atoms. The fourth-order valence-corrected chi connectivity index (χ4v) is 1.53. The number of rotatable bonds is 6. The summed E-state index contributed by atoms with van der Waals surface area (Å²) in [5.74, 6) is 0. The molecule has 2 nitrogen and oxygen atoms in total. The Morgan fingerprint density at radius 2 is 1.59 bits per heavy atom. The molecule has 0 bridgehead atoms. The predicted molar refractivity (Wildman–Crippen MR) is 78.0 cm³/mol. The van der Waals surface area contributed by atoms with Crippen molar-refractivity contribution in [3.63, 3.8) is 0 Å². The molecule has 0 fully saturated rings. The summed E-state index contributed by atoms with van der Waals surface area (Å²) in [6, 6.07) is 0. The zero-order chi connectivity index (χ0) is 12.7. The van der Waals surface area contributed by atoms with Crippen LogP contribution in [0.5, 0.6) is 0 Å². The lowest BCUT2D eigenvalue weighted by molar-refractivity contribution is 1.34. The summed E-state index contributed by atoms with van der Waals surface area (Å²) in [6.45, 7) is 14.8. The standard InChI is InChI=1S/C15H16N2/c1-5-9-10-14-12(6-2)13(7-3)15(17-14)11-16-8-4/h5-11,17H,1-4H2/b10-9-,16-11-. The van der Waals surface area contributed by atoms with Crippen molar-refractivity contribution in [2.24, 2.45) is 4.99 Å². The van der Waals surface area contributed by atoms with Crippen LogP contribution in [0.3, 0.4) is 0 Å². The summed E-state index contributed by atoms with van der Waals surface area (Å²) in [4.78, 5) is 7.25. The maximum absolute atomic E-state index is 4.00. The zero-order valence-electron chi connectivity index (χ0n) is 9.82. The van der Waals surface area contributed by atoms with Crippen molar-refractivity contribution >= 4 is 24.4 Å². The van der Waals surface area contributed by atoms with Gasteiger partial charge in [0.1, 0.15) is 0 Å². The summed E-state index contributed by atoms with van der Waals surface area (Å²) in [6.07, 6.45) is 12.3. The number of allylic oxidation sites excluding steroid dienone is 2. The third-order valence-electron chi connectivity index (χ3n) is 2.26. The van der Waals surface area contributed by atoms with Gasteiger partial charge in [-0.05, 0) is 6.08 Å². The highest BCUT2D eigenvalue weighted by Crippen LogP contribution is 2.22. The summed E-state index contributed by atoms with van der Waals surface area (Å²) >= 11 is 0. The molecule has 0 aliphatic carbocycles. The van der Waals surface area contributed by atoms with Crippen LogP contribution < -0.4 is 0 Å². The number of nitrogens with one attached hydrogen (secondary N) is 1. The molecule has 17 heavy (non-hydrogen) atoms. The Morgan fingerprint density at radius 3 is 2.12 bits per heavy atom. The largest absolute Gasteiger partial charge is 0.353 e. The molecular formula is C15H16N2. The van der Waals surface area contributed by atoms with Gasteiger partial charge in [-0.1, -0.05) is 50.6 Å². The Balaban J connectivity index is 3.36. The number of aromatic nitrogens is 1. The van der Waals surface area contributed by atoms with Crippen LogP contribution in [0.15, 0.2) is 49.7 Å². The van der Waals surface area contributed by atoms with Gasteiger partial charge in [-0.3, -0.25) is 4.99 Å². The van der Waals surface area contributed by atoms with Crippen LogP contribution in [0, 0.1) is 0 Å². The molecule has 0 unspecified atom stereocenters. The first-order chi connectivity index (χ1) is 8.28. The minimum Gasteiger partial charge on any atom is -0.353 e. The minimum absolute atomic E-state index is 0.888. The van der Waals surface area contributed by atoms with Gasteiger partial charge in [-0.2, -0.15) is 0 Å². The molecule has 0 radical (unpaired) electrons. The molecule has 1 aromatic rings. The molecule has 0 atom stereocenters. The molecule has 0 aliphatic heterocycles. The molecule has 0 aromatic carbocycles. The Labute approximate surface area is 102 Å². The summed E-state index contributed by atoms with van der Waals surface area (Å²) in [5, 5.41) is 0. The first kappa shape index (κ1) is 12.7. The van der Waals surface area contributed by atoms with Crippen molar-refractivity contribution in [3.05, 3.63) is 67.2 Å². The van der Waals surface area contributed by atoms with Gasteiger partial charge in [0, 0.05) is 23.0 Å². The van der Waals surface area contributed by atoms with E-state index in [-0.39, 0.29) is 0 Å². The van der Waals surface area contributed by atoms with Gasteiger partial charge in [-0.15, -0.1) is 0 Å². The van der Waals surface area contributed by atoms with Gasteiger partial charge in [0.15, 0.2) is 0 Å². The highest BCUT2D eigenvalue weighted by atomic mass is 14.8. The normalized spacial score (nSPS) is 10.8. The average molecular weight is 224 g/mol. The zero-order valence-corrected chi connectivity index (χ0v) is 9.82. The minimum atomic E-state index is 0.888. The van der Waals surface area contributed by atoms with Crippen LogP contribution in [0.4, 0.5) is 0 Å². The lowest BCUT2D eigenvalue weighted by atomic mass is 10.1. The van der Waals surface area contributed by atoms with E-state index in [0.29, 0.717) is 0 Å². The highest BCUT2D eigenvalue weighted by molar-refractivity contribution is 5.89. The number of aromatic amines is 1. The van der Waals surface area contributed by atoms with E-state index in [1.807, 2.05) is 12.2 Å². The van der Waals surface area contributed by atoms with E-state index in [9.17, 15) is 0 Å². The number of nitrogens with zero attached hydrogens (tertiary/aromatic N) is 1. The lowest BCUT2D eigenvalue weighted by Crippen LogP contribution is -1.83. The molecule has 86 valence electrons. The first-order valence-corrected chi connectivity index (χ1v) is 5.22. The van der Waals surface area contributed by atoms with Crippen molar-refractivity contribution in [2.75, 3.05) is 0 Å². The fourth-order valence-electron chi connectivity index (χ4n) is 1.53. The second-order valence-electron chi connectivity index (χ2n) is 3.24. The van der Waals surface area contributed by atoms with Crippen molar-refractivity contribution in [2.45, 2.75) is 0 Å².